The molecule has 1 aliphatic rings. The van der Waals surface area contributed by atoms with Gasteiger partial charge < -0.3 is 9.64 Å². The van der Waals surface area contributed by atoms with Gasteiger partial charge in [-0.3, -0.25) is 4.98 Å². The Labute approximate surface area is 91.9 Å². The molecule has 2 rings (SSSR count). The second-order valence-electron chi connectivity index (χ2n) is 4.29. The fraction of sp³-hybridized carbons (Fsp3) is 0.545. The Bertz CT molecular complexity index is 332. The minimum absolute atomic E-state index is 0.575. The summed E-state index contributed by atoms with van der Waals surface area (Å²) in [4.78, 5) is 6.47. The van der Waals surface area contributed by atoms with Gasteiger partial charge in [0.2, 0.25) is 0 Å². The van der Waals surface area contributed by atoms with Crippen molar-refractivity contribution in [3.63, 3.8) is 0 Å². The first kappa shape index (κ1) is 10.5. The smallest absolute Gasteiger partial charge is 0.141 e. The Hall–Kier alpha value is -1.03. The molecule has 1 fully saturated rings. The van der Waals surface area contributed by atoms with Crippen LogP contribution in [-0.4, -0.2) is 44.0 Å². The largest absolute Gasteiger partial charge is 0.490 e. The molecule has 1 aliphatic heterocycles. The van der Waals surface area contributed by atoms with Crippen molar-refractivity contribution in [1.29, 1.82) is 0 Å². The van der Waals surface area contributed by atoms with Gasteiger partial charge >= 0.3 is 0 Å². The van der Waals surface area contributed by atoms with E-state index in [1.54, 1.807) is 6.20 Å². The van der Waals surface area contributed by atoms with E-state index in [1.165, 1.54) is 19.4 Å². The molecule has 0 radical (unpaired) electrons. The lowest BCUT2D eigenvalue weighted by molar-refractivity contribution is 0.198. The Balaban J connectivity index is 1.87. The van der Waals surface area contributed by atoms with Crippen LogP contribution in [0.15, 0.2) is 18.5 Å². The fourth-order valence-electron chi connectivity index (χ4n) is 1.99. The molecule has 0 unspecified atom stereocenters. The van der Waals surface area contributed by atoms with E-state index < -0.39 is 0 Å². The molecule has 0 aliphatic carbocycles. The molecule has 0 saturated carbocycles. The molecule has 2 heterocycles. The monoisotopic (exact) mass is 204 g/mol. The van der Waals surface area contributed by atoms with Crippen LogP contribution in [0.25, 0.3) is 0 Å². The molecular weight excluding hydrogens is 187 g/mol. The highest BCUT2D eigenvalue weighted by Gasteiger charge is 2.21. The lowest BCUT2D eigenvalue weighted by Crippen LogP contribution is -2.30. The second kappa shape index (κ2) is 4.66. The summed E-state index contributed by atoms with van der Waals surface area (Å²) in [6.07, 6.45) is 6.16. The van der Waals surface area contributed by atoms with Gasteiger partial charge in [-0.05, 0) is 32.5 Å². The van der Waals surface area contributed by atoms with E-state index >= 15 is 0 Å². The van der Waals surface area contributed by atoms with Gasteiger partial charge in [0.05, 0.1) is 6.20 Å². The number of aromatic nitrogens is 1. The van der Waals surface area contributed by atoms with Crippen LogP contribution in [0.5, 0.6) is 5.75 Å². The lowest BCUT2D eigenvalue weighted by atomic mass is 9.99. The van der Waals surface area contributed by atoms with Gasteiger partial charge in [-0.1, -0.05) is 5.46 Å². The molecule has 0 amide bonds. The summed E-state index contributed by atoms with van der Waals surface area (Å²) in [6, 6.07) is 2.60. The van der Waals surface area contributed by atoms with Crippen LogP contribution in [0.4, 0.5) is 0 Å². The van der Waals surface area contributed by atoms with Gasteiger partial charge in [0.1, 0.15) is 20.2 Å². The predicted octanol–water partition coefficient (Wildman–Crippen LogP) is -0.187. The van der Waals surface area contributed by atoms with Crippen molar-refractivity contribution < 1.29 is 4.74 Å². The van der Waals surface area contributed by atoms with E-state index in [1.807, 2.05) is 20.1 Å². The first-order chi connectivity index (χ1) is 7.25. The van der Waals surface area contributed by atoms with Crippen LogP contribution >= 0.6 is 0 Å². The van der Waals surface area contributed by atoms with Crippen molar-refractivity contribution in [2.24, 2.45) is 0 Å². The normalized spacial score (nSPS) is 21.8. The van der Waals surface area contributed by atoms with Crippen LogP contribution in [-0.2, 0) is 0 Å². The number of hydrogen-bond acceptors (Lipinski definition) is 3. The van der Waals surface area contributed by atoms with E-state index in [9.17, 15) is 0 Å². The van der Waals surface area contributed by atoms with Crippen LogP contribution in [0.1, 0.15) is 12.8 Å². The van der Waals surface area contributed by atoms with E-state index in [0.717, 1.165) is 17.8 Å². The first-order valence-corrected chi connectivity index (χ1v) is 5.50. The summed E-state index contributed by atoms with van der Waals surface area (Å²) in [6.45, 7) is 1.97. The van der Waals surface area contributed by atoms with Gasteiger partial charge in [-0.2, -0.15) is 0 Å². The topological polar surface area (TPSA) is 25.4 Å². The minimum Gasteiger partial charge on any atom is -0.490 e. The minimum atomic E-state index is 0.575. The van der Waals surface area contributed by atoms with Gasteiger partial charge in [-0.25, -0.2) is 0 Å². The lowest BCUT2D eigenvalue weighted by Gasteiger charge is -2.19. The fourth-order valence-corrected chi connectivity index (χ4v) is 1.99. The molecule has 1 aromatic heterocycles. The highest BCUT2D eigenvalue weighted by atomic mass is 16.5. The third-order valence-corrected chi connectivity index (χ3v) is 2.96. The number of ether oxygens (including phenoxy) is 1. The van der Waals surface area contributed by atoms with Crippen molar-refractivity contribution >= 4 is 13.3 Å². The molecule has 0 spiro atoms. The Morgan fingerprint density at radius 2 is 2.47 bits per heavy atom. The van der Waals surface area contributed by atoms with Gasteiger partial charge in [0.15, 0.2) is 0 Å². The molecule has 1 saturated heterocycles. The zero-order valence-corrected chi connectivity index (χ0v) is 9.44. The van der Waals surface area contributed by atoms with Gasteiger partial charge in [-0.15, -0.1) is 0 Å². The maximum absolute atomic E-state index is 5.74. The summed E-state index contributed by atoms with van der Waals surface area (Å²) >= 11 is 0. The van der Waals surface area contributed by atoms with Gasteiger partial charge in [0.25, 0.3) is 0 Å². The maximum atomic E-state index is 5.74. The number of pyridine rings is 1. The molecule has 80 valence electrons. The van der Waals surface area contributed by atoms with E-state index in [4.69, 9.17) is 4.74 Å². The van der Waals surface area contributed by atoms with Crippen molar-refractivity contribution in [1.82, 2.24) is 9.88 Å². The average Bonchev–Trinajstić information content (AvgIpc) is 2.61. The summed E-state index contributed by atoms with van der Waals surface area (Å²) in [5.41, 5.74) is 1.15. The zero-order chi connectivity index (χ0) is 10.7. The zero-order valence-electron chi connectivity index (χ0n) is 9.44. The molecule has 4 heteroatoms. The third kappa shape index (κ3) is 2.72. The third-order valence-electron chi connectivity index (χ3n) is 2.96. The maximum Gasteiger partial charge on any atom is 0.141 e. The predicted molar refractivity (Wildman–Crippen MR) is 63.6 cm³/mol. The Morgan fingerprint density at radius 1 is 1.60 bits per heavy atom. The van der Waals surface area contributed by atoms with E-state index in [-0.39, 0.29) is 0 Å². The number of likely N-dealkylation sites (tertiary alicyclic amines) is 1. The summed E-state index contributed by atoms with van der Waals surface area (Å²) < 4.78 is 5.74. The van der Waals surface area contributed by atoms with E-state index in [0.29, 0.717) is 6.04 Å². The SMILES string of the molecule is Bc1cncc(OC[C@@H]2CCCN2C)c1. The van der Waals surface area contributed by atoms with Crippen molar-refractivity contribution in [3.8, 4) is 5.75 Å². The molecule has 3 nitrogen and oxygen atoms in total. The van der Waals surface area contributed by atoms with E-state index in [2.05, 4.69) is 16.9 Å². The van der Waals surface area contributed by atoms with Crippen LogP contribution in [0.2, 0.25) is 0 Å². The standard InChI is InChI=1S/C11H17BN2O/c1-14-4-2-3-10(14)8-15-11-5-9(12)6-13-7-11/h5-7,10H,2-4,8,12H2,1H3/t10-/m0/s1. The van der Waals surface area contributed by atoms with Crippen molar-refractivity contribution in [2.45, 2.75) is 18.9 Å². The number of rotatable bonds is 3. The molecule has 15 heavy (non-hydrogen) atoms. The average molecular weight is 204 g/mol. The Morgan fingerprint density at radius 3 is 3.13 bits per heavy atom. The van der Waals surface area contributed by atoms with Crippen molar-refractivity contribution in [3.05, 3.63) is 18.5 Å². The second-order valence-corrected chi connectivity index (χ2v) is 4.29. The van der Waals surface area contributed by atoms with Crippen LogP contribution in [0, 0.1) is 0 Å². The highest BCUT2D eigenvalue weighted by Crippen LogP contribution is 2.16. The van der Waals surface area contributed by atoms with Crippen LogP contribution in [0.3, 0.4) is 0 Å². The molecule has 1 aromatic rings. The highest BCUT2D eigenvalue weighted by molar-refractivity contribution is 6.32. The quantitative estimate of drug-likeness (QED) is 0.638. The first-order valence-electron chi connectivity index (χ1n) is 5.50. The molecule has 0 bridgehead atoms. The Kier molecular flexibility index (Phi) is 3.26. The van der Waals surface area contributed by atoms with Gasteiger partial charge in [0, 0.05) is 12.2 Å². The molecule has 1 atom stereocenters. The van der Waals surface area contributed by atoms with Crippen LogP contribution < -0.4 is 10.2 Å². The summed E-state index contributed by atoms with van der Waals surface area (Å²) in [5.74, 6) is 0.885. The summed E-state index contributed by atoms with van der Waals surface area (Å²) in [7, 11) is 4.19. The molecular formula is C11H17BN2O. The molecule has 0 aromatic carbocycles. The number of nitrogens with zero attached hydrogens (tertiary/aromatic N) is 2. The summed E-state index contributed by atoms with van der Waals surface area (Å²) in [5, 5.41) is 0. The molecule has 0 N–H and O–H groups in total. The number of likely N-dealkylation sites (N-methyl/N-ethyl adjacent to an activating group) is 1. The van der Waals surface area contributed by atoms with Crippen molar-refractivity contribution in [2.75, 3.05) is 20.2 Å². The number of hydrogen-bond donors (Lipinski definition) is 0.